The maximum atomic E-state index is 12.9. The van der Waals surface area contributed by atoms with Gasteiger partial charge in [0.25, 0.3) is 5.91 Å². The number of hydrogen-bond donors (Lipinski definition) is 1. The van der Waals surface area contributed by atoms with E-state index in [0.717, 1.165) is 77.2 Å². The molecule has 2 saturated heterocycles. The van der Waals surface area contributed by atoms with Crippen LogP contribution < -0.4 is 5.73 Å². The number of hydrogen-bond acceptors (Lipinski definition) is 5. The van der Waals surface area contributed by atoms with Gasteiger partial charge in [-0.25, -0.2) is 0 Å². The third-order valence-corrected chi connectivity index (χ3v) is 5.61. The Balaban J connectivity index is 1.50. The zero-order chi connectivity index (χ0) is 19.1. The summed E-state index contributed by atoms with van der Waals surface area (Å²) in [6.45, 7) is 8.27. The van der Waals surface area contributed by atoms with Crippen LogP contribution in [0.25, 0.3) is 0 Å². The second-order valence-corrected chi connectivity index (χ2v) is 7.78. The molecular formula is C21H34N4O2. The van der Waals surface area contributed by atoms with E-state index in [1.165, 1.54) is 5.56 Å². The summed E-state index contributed by atoms with van der Waals surface area (Å²) in [6.07, 6.45) is 3.00. The predicted octanol–water partition coefficient (Wildman–Crippen LogP) is 1.40. The Hall–Kier alpha value is -1.47. The second kappa shape index (κ2) is 10.2. The van der Waals surface area contributed by atoms with Crippen LogP contribution in [0.2, 0.25) is 0 Å². The summed E-state index contributed by atoms with van der Waals surface area (Å²) in [6, 6.07) is 8.16. The Labute approximate surface area is 163 Å². The number of carbonyl (C=O) groups excluding carboxylic acids is 1. The number of benzene rings is 1. The number of piperazine rings is 1. The third-order valence-electron chi connectivity index (χ3n) is 5.61. The van der Waals surface area contributed by atoms with Gasteiger partial charge >= 0.3 is 0 Å². The molecule has 1 aromatic carbocycles. The minimum Gasteiger partial charge on any atom is -0.378 e. The normalized spacial score (nSPS) is 20.1. The number of carbonyl (C=O) groups is 1. The molecule has 27 heavy (non-hydrogen) atoms. The highest BCUT2D eigenvalue weighted by Crippen LogP contribution is 2.18. The molecule has 2 aliphatic rings. The van der Waals surface area contributed by atoms with Crippen molar-refractivity contribution in [2.45, 2.75) is 31.9 Å². The zero-order valence-electron chi connectivity index (χ0n) is 16.6. The topological polar surface area (TPSA) is 62.0 Å². The molecule has 0 unspecified atom stereocenters. The first kappa shape index (κ1) is 20.3. The van der Waals surface area contributed by atoms with Crippen LogP contribution in [0.5, 0.6) is 0 Å². The fourth-order valence-corrected chi connectivity index (χ4v) is 3.81. The van der Waals surface area contributed by atoms with Crippen LogP contribution in [-0.2, 0) is 11.3 Å². The van der Waals surface area contributed by atoms with Gasteiger partial charge in [0.05, 0.1) is 6.10 Å². The van der Waals surface area contributed by atoms with Crippen LogP contribution in [0.3, 0.4) is 0 Å². The standard InChI is InChI=1S/C21H34N4O2/c1-23-11-13-24(14-12-23)17-18-4-2-5-19(16-18)21(26)25-9-6-20(7-10-25)27-15-3-8-22/h2,4-5,16,20H,3,6-15,17,22H2,1H3. The van der Waals surface area contributed by atoms with E-state index in [1.807, 2.05) is 17.0 Å². The highest BCUT2D eigenvalue weighted by molar-refractivity contribution is 5.94. The maximum Gasteiger partial charge on any atom is 0.253 e. The summed E-state index contributed by atoms with van der Waals surface area (Å²) in [4.78, 5) is 19.7. The van der Waals surface area contributed by atoms with E-state index in [-0.39, 0.29) is 12.0 Å². The van der Waals surface area contributed by atoms with Gasteiger partial charge < -0.3 is 20.3 Å². The van der Waals surface area contributed by atoms with Crippen LogP contribution >= 0.6 is 0 Å². The van der Waals surface area contributed by atoms with E-state index < -0.39 is 0 Å². The average Bonchev–Trinajstić information content (AvgIpc) is 2.70. The Kier molecular flexibility index (Phi) is 7.64. The van der Waals surface area contributed by atoms with Crippen LogP contribution in [0, 0.1) is 0 Å². The van der Waals surface area contributed by atoms with Gasteiger partial charge in [-0.05, 0) is 50.6 Å². The molecular weight excluding hydrogens is 340 g/mol. The molecule has 0 aromatic heterocycles. The number of nitrogens with two attached hydrogens (primary N) is 1. The first-order valence-electron chi connectivity index (χ1n) is 10.3. The number of likely N-dealkylation sites (tertiary alicyclic amines) is 1. The molecule has 2 heterocycles. The van der Waals surface area contributed by atoms with Crippen molar-refractivity contribution in [1.29, 1.82) is 0 Å². The van der Waals surface area contributed by atoms with Gasteiger partial charge in [-0.3, -0.25) is 9.69 Å². The van der Waals surface area contributed by atoms with E-state index in [2.05, 4.69) is 29.0 Å². The van der Waals surface area contributed by atoms with Gasteiger partial charge in [0, 0.05) is 58.0 Å². The minimum absolute atomic E-state index is 0.149. The summed E-state index contributed by atoms with van der Waals surface area (Å²) in [5.74, 6) is 0.149. The summed E-state index contributed by atoms with van der Waals surface area (Å²) < 4.78 is 5.84. The van der Waals surface area contributed by atoms with E-state index in [0.29, 0.717) is 6.54 Å². The number of piperidine rings is 1. The molecule has 0 saturated carbocycles. The average molecular weight is 375 g/mol. The Morgan fingerprint density at radius 2 is 1.89 bits per heavy atom. The monoisotopic (exact) mass is 374 g/mol. The summed E-state index contributed by atoms with van der Waals surface area (Å²) >= 11 is 0. The molecule has 3 rings (SSSR count). The maximum absolute atomic E-state index is 12.9. The van der Waals surface area contributed by atoms with Gasteiger partial charge in [-0.2, -0.15) is 0 Å². The molecule has 150 valence electrons. The smallest absolute Gasteiger partial charge is 0.253 e. The fraction of sp³-hybridized carbons (Fsp3) is 0.667. The van der Waals surface area contributed by atoms with Gasteiger partial charge in [0.15, 0.2) is 0 Å². The van der Waals surface area contributed by atoms with E-state index in [4.69, 9.17) is 10.5 Å². The highest BCUT2D eigenvalue weighted by Gasteiger charge is 2.24. The fourth-order valence-electron chi connectivity index (χ4n) is 3.81. The number of nitrogens with zero attached hydrogens (tertiary/aromatic N) is 3. The van der Waals surface area contributed by atoms with Crippen molar-refractivity contribution < 1.29 is 9.53 Å². The van der Waals surface area contributed by atoms with Crippen molar-refractivity contribution in [3.05, 3.63) is 35.4 Å². The number of ether oxygens (including phenoxy) is 1. The van der Waals surface area contributed by atoms with Crippen LogP contribution in [0.4, 0.5) is 0 Å². The lowest BCUT2D eigenvalue weighted by atomic mass is 10.0. The number of rotatable bonds is 7. The van der Waals surface area contributed by atoms with Crippen molar-refractivity contribution in [2.24, 2.45) is 5.73 Å². The largest absolute Gasteiger partial charge is 0.378 e. The molecule has 2 N–H and O–H groups in total. The molecule has 0 spiro atoms. The van der Waals surface area contributed by atoms with Gasteiger partial charge in [0.1, 0.15) is 0 Å². The second-order valence-electron chi connectivity index (χ2n) is 7.78. The summed E-state index contributed by atoms with van der Waals surface area (Å²) in [5.41, 5.74) is 7.55. The van der Waals surface area contributed by atoms with Crippen LogP contribution in [-0.4, -0.2) is 86.2 Å². The Morgan fingerprint density at radius 3 is 2.59 bits per heavy atom. The molecule has 1 aromatic rings. The molecule has 1 amide bonds. The van der Waals surface area contributed by atoms with Crippen LogP contribution in [0.15, 0.2) is 24.3 Å². The van der Waals surface area contributed by atoms with E-state index in [9.17, 15) is 4.79 Å². The molecule has 0 bridgehead atoms. The van der Waals surface area contributed by atoms with Crippen molar-refractivity contribution in [3.8, 4) is 0 Å². The predicted molar refractivity (Wildman–Crippen MR) is 108 cm³/mol. The molecule has 2 aliphatic heterocycles. The Morgan fingerprint density at radius 1 is 1.15 bits per heavy atom. The molecule has 2 fully saturated rings. The lowest BCUT2D eigenvalue weighted by Crippen LogP contribution is -2.44. The summed E-state index contributed by atoms with van der Waals surface area (Å²) in [5, 5.41) is 0. The van der Waals surface area contributed by atoms with Gasteiger partial charge in [-0.1, -0.05) is 12.1 Å². The van der Waals surface area contributed by atoms with Gasteiger partial charge in [-0.15, -0.1) is 0 Å². The molecule has 0 atom stereocenters. The first-order chi connectivity index (χ1) is 13.2. The van der Waals surface area contributed by atoms with Gasteiger partial charge in [0.2, 0.25) is 0 Å². The molecule has 0 aliphatic carbocycles. The zero-order valence-corrected chi connectivity index (χ0v) is 16.6. The molecule has 6 heteroatoms. The minimum atomic E-state index is 0.149. The molecule has 0 radical (unpaired) electrons. The Bertz CT molecular complexity index is 594. The first-order valence-corrected chi connectivity index (χ1v) is 10.3. The third kappa shape index (κ3) is 6.01. The quantitative estimate of drug-likeness (QED) is 0.731. The van der Waals surface area contributed by atoms with Crippen molar-refractivity contribution in [2.75, 3.05) is 59.5 Å². The molecule has 6 nitrogen and oxygen atoms in total. The van der Waals surface area contributed by atoms with Crippen molar-refractivity contribution in [3.63, 3.8) is 0 Å². The van der Waals surface area contributed by atoms with Crippen LogP contribution in [0.1, 0.15) is 35.2 Å². The number of likely N-dealkylation sites (N-methyl/N-ethyl adjacent to an activating group) is 1. The van der Waals surface area contributed by atoms with Crippen molar-refractivity contribution >= 4 is 5.91 Å². The highest BCUT2D eigenvalue weighted by atomic mass is 16.5. The van der Waals surface area contributed by atoms with E-state index >= 15 is 0 Å². The lowest BCUT2D eigenvalue weighted by Gasteiger charge is -2.33. The van der Waals surface area contributed by atoms with E-state index in [1.54, 1.807) is 0 Å². The SMILES string of the molecule is CN1CCN(Cc2cccc(C(=O)N3CCC(OCCCN)CC3)c2)CC1. The lowest BCUT2D eigenvalue weighted by molar-refractivity contribution is 0.00844. The summed E-state index contributed by atoms with van der Waals surface area (Å²) in [7, 11) is 2.17. The number of amides is 1. The van der Waals surface area contributed by atoms with Crippen molar-refractivity contribution in [1.82, 2.24) is 14.7 Å².